The summed E-state index contributed by atoms with van der Waals surface area (Å²) in [6, 6.07) is 0. The molecule has 144 valence electrons. The van der Waals surface area contributed by atoms with Gasteiger partial charge in [0.15, 0.2) is 11.9 Å². The molecule has 3 N–H and O–H groups in total. The van der Waals surface area contributed by atoms with Crippen LogP contribution in [0.5, 0.6) is 0 Å². The number of H-pyrrole nitrogens is 2. The Morgan fingerprint density at radius 2 is 1.81 bits per heavy atom. The van der Waals surface area contributed by atoms with E-state index in [1.165, 1.54) is 11.3 Å². The van der Waals surface area contributed by atoms with Gasteiger partial charge < -0.3 is 19.8 Å². The normalized spacial score (nSPS) is 13.7. The van der Waals surface area contributed by atoms with E-state index in [1.807, 2.05) is 13.8 Å². The zero-order valence-electron chi connectivity index (χ0n) is 16.2. The van der Waals surface area contributed by atoms with Crippen molar-refractivity contribution in [1.82, 2.24) is 15.0 Å². The smallest absolute Gasteiger partial charge is 0.355 e. The van der Waals surface area contributed by atoms with Gasteiger partial charge in [-0.1, -0.05) is 0 Å². The van der Waals surface area contributed by atoms with Gasteiger partial charge >= 0.3 is 5.97 Å². The first kappa shape index (κ1) is 19.3. The van der Waals surface area contributed by atoms with E-state index in [0.717, 1.165) is 16.1 Å². The van der Waals surface area contributed by atoms with Gasteiger partial charge in [-0.05, 0) is 52.7 Å². The third kappa shape index (κ3) is 3.30. The Morgan fingerprint density at radius 1 is 1.15 bits per heavy atom. The molecule has 0 amide bonds. The minimum atomic E-state index is -0.727. The van der Waals surface area contributed by atoms with Crippen molar-refractivity contribution < 1.29 is 14.6 Å². The molecule has 3 aromatic rings. The van der Waals surface area contributed by atoms with Crippen molar-refractivity contribution in [3.63, 3.8) is 0 Å². The largest absolute Gasteiger partial charge is 0.450 e. The van der Waals surface area contributed by atoms with Crippen molar-refractivity contribution in [2.45, 2.75) is 53.8 Å². The molecule has 3 heterocycles. The molecule has 0 aliphatic heterocycles. The summed E-state index contributed by atoms with van der Waals surface area (Å²) >= 11 is 1.45. The second-order valence-electron chi connectivity index (χ2n) is 6.80. The van der Waals surface area contributed by atoms with E-state index in [4.69, 9.17) is 4.74 Å². The van der Waals surface area contributed by atoms with Crippen LogP contribution in [0.3, 0.4) is 0 Å². The predicted octanol–water partition coefficient (Wildman–Crippen LogP) is 3.52. The van der Waals surface area contributed by atoms with Crippen LogP contribution in [-0.2, 0) is 4.74 Å². The summed E-state index contributed by atoms with van der Waals surface area (Å²) in [5.74, 6) is -0.255. The summed E-state index contributed by atoms with van der Waals surface area (Å²) in [4.78, 5) is 36.8. The Kier molecular flexibility index (Phi) is 4.96. The number of hydrogen-bond acceptors (Lipinski definition) is 6. The fourth-order valence-corrected chi connectivity index (χ4v) is 4.37. The first-order chi connectivity index (χ1) is 12.6. The molecule has 0 saturated heterocycles. The first-order valence-corrected chi connectivity index (χ1v) is 9.51. The lowest BCUT2D eigenvalue weighted by atomic mass is 10.1. The lowest BCUT2D eigenvalue weighted by molar-refractivity contribution is 0.0312. The number of aliphatic hydroxyl groups excluding tert-OH is 1. The number of thiophene rings is 1. The molecule has 0 saturated carbocycles. The van der Waals surface area contributed by atoms with Gasteiger partial charge in [0.05, 0.1) is 11.5 Å². The predicted molar refractivity (Wildman–Crippen MR) is 104 cm³/mol. The van der Waals surface area contributed by atoms with Crippen LogP contribution in [-0.4, -0.2) is 26.0 Å². The topological polar surface area (TPSA) is 108 Å². The monoisotopic (exact) mass is 389 g/mol. The van der Waals surface area contributed by atoms with Crippen LogP contribution in [0.15, 0.2) is 4.79 Å². The van der Waals surface area contributed by atoms with Gasteiger partial charge in [-0.25, -0.2) is 9.78 Å². The van der Waals surface area contributed by atoms with Crippen LogP contribution in [0.1, 0.15) is 69.6 Å². The summed E-state index contributed by atoms with van der Waals surface area (Å²) in [6.07, 6.45) is -1.42. The number of aliphatic hydroxyl groups is 1. The lowest BCUT2D eigenvalue weighted by Gasteiger charge is -2.12. The van der Waals surface area contributed by atoms with Gasteiger partial charge in [-0.2, -0.15) is 0 Å². The Bertz CT molecular complexity index is 1090. The molecule has 27 heavy (non-hydrogen) atoms. The minimum Gasteiger partial charge on any atom is -0.450 e. The van der Waals surface area contributed by atoms with E-state index in [1.54, 1.807) is 27.7 Å². The van der Waals surface area contributed by atoms with Crippen molar-refractivity contribution in [3.05, 3.63) is 49.1 Å². The molecule has 3 aromatic heterocycles. The average Bonchev–Trinajstić information content (AvgIpc) is 3.03. The lowest BCUT2D eigenvalue weighted by Crippen LogP contribution is -2.17. The molecule has 0 radical (unpaired) electrons. The van der Waals surface area contributed by atoms with Crippen LogP contribution in [0, 0.1) is 27.7 Å². The maximum Gasteiger partial charge on any atom is 0.355 e. The van der Waals surface area contributed by atoms with Crippen molar-refractivity contribution in [2.75, 3.05) is 0 Å². The molecule has 7 nitrogen and oxygen atoms in total. The van der Waals surface area contributed by atoms with E-state index in [9.17, 15) is 14.7 Å². The van der Waals surface area contributed by atoms with Crippen LogP contribution in [0.2, 0.25) is 0 Å². The van der Waals surface area contributed by atoms with E-state index >= 15 is 0 Å². The molecule has 0 aliphatic rings. The molecule has 3 rings (SSSR count). The quantitative estimate of drug-likeness (QED) is 0.592. The van der Waals surface area contributed by atoms with E-state index in [0.29, 0.717) is 32.9 Å². The number of esters is 1. The average molecular weight is 389 g/mol. The SMILES string of the molecule is Cc1[nH]c(C(=O)O[C@H](C)c2nc3sc(C)c(C)c3c(=O)[nH]2)c(C)c1[C@H](C)O. The molecule has 0 aromatic carbocycles. The van der Waals surface area contributed by atoms with Crippen LogP contribution in [0.25, 0.3) is 10.2 Å². The number of fused-ring (bicyclic) bond motifs is 1. The second kappa shape index (κ2) is 6.94. The van der Waals surface area contributed by atoms with Crippen molar-refractivity contribution in [2.24, 2.45) is 0 Å². The highest BCUT2D eigenvalue weighted by molar-refractivity contribution is 7.18. The van der Waals surface area contributed by atoms with Gasteiger partial charge in [0.1, 0.15) is 10.5 Å². The van der Waals surface area contributed by atoms with Crippen molar-refractivity contribution in [1.29, 1.82) is 0 Å². The maximum absolute atomic E-state index is 12.6. The Labute approximate surface area is 160 Å². The van der Waals surface area contributed by atoms with Crippen LogP contribution in [0.4, 0.5) is 0 Å². The molecule has 0 unspecified atom stereocenters. The number of hydrogen-bond donors (Lipinski definition) is 3. The fourth-order valence-electron chi connectivity index (χ4n) is 3.33. The van der Waals surface area contributed by atoms with Gasteiger partial charge in [-0.15, -0.1) is 11.3 Å². The molecular weight excluding hydrogens is 366 g/mol. The number of nitrogens with one attached hydrogen (secondary N) is 2. The molecule has 0 spiro atoms. The van der Waals surface area contributed by atoms with E-state index in [2.05, 4.69) is 15.0 Å². The minimum absolute atomic E-state index is 0.233. The van der Waals surface area contributed by atoms with Gasteiger partial charge in [0, 0.05) is 16.1 Å². The number of aromatic nitrogens is 3. The molecule has 0 bridgehead atoms. The van der Waals surface area contributed by atoms with Crippen LogP contribution < -0.4 is 5.56 Å². The van der Waals surface area contributed by atoms with E-state index < -0.39 is 18.2 Å². The Morgan fingerprint density at radius 3 is 2.41 bits per heavy atom. The van der Waals surface area contributed by atoms with Gasteiger partial charge in [-0.3, -0.25) is 4.79 Å². The number of aryl methyl sites for hydroxylation is 3. The molecule has 0 aliphatic carbocycles. The Hall–Kier alpha value is -2.45. The highest BCUT2D eigenvalue weighted by Gasteiger charge is 2.24. The van der Waals surface area contributed by atoms with Gasteiger partial charge in [0.2, 0.25) is 0 Å². The summed E-state index contributed by atoms with van der Waals surface area (Å²) in [5.41, 5.74) is 3.04. The third-order valence-electron chi connectivity index (χ3n) is 4.84. The summed E-state index contributed by atoms with van der Waals surface area (Å²) < 4.78 is 5.51. The van der Waals surface area contributed by atoms with Crippen LogP contribution >= 0.6 is 11.3 Å². The number of carbonyl (C=O) groups is 1. The summed E-state index contributed by atoms with van der Waals surface area (Å²) in [6.45, 7) is 10.7. The Balaban J connectivity index is 1.91. The second-order valence-corrected chi connectivity index (χ2v) is 8.00. The maximum atomic E-state index is 12.6. The highest BCUT2D eigenvalue weighted by atomic mass is 32.1. The molecule has 8 heteroatoms. The standard InChI is InChI=1S/C19H23N3O4S/c1-7-12(6)27-18-14(7)17(24)21-16(22-18)11(5)26-19(25)15-8(2)13(10(4)23)9(3)20-15/h10-11,20,23H,1-6H3,(H,21,22,24)/t10-,11+/m0/s1. The molecule has 2 atom stereocenters. The number of aromatic amines is 2. The summed E-state index contributed by atoms with van der Waals surface area (Å²) in [7, 11) is 0. The fraction of sp³-hybridized carbons (Fsp3) is 0.421. The number of nitrogens with zero attached hydrogens (tertiary/aromatic N) is 1. The van der Waals surface area contributed by atoms with E-state index in [-0.39, 0.29) is 5.56 Å². The highest BCUT2D eigenvalue weighted by Crippen LogP contribution is 2.28. The summed E-state index contributed by atoms with van der Waals surface area (Å²) in [5, 5.41) is 10.5. The molecular formula is C19H23N3O4S. The van der Waals surface area contributed by atoms with Crippen molar-refractivity contribution >= 4 is 27.5 Å². The number of rotatable bonds is 4. The third-order valence-corrected chi connectivity index (χ3v) is 5.94. The van der Waals surface area contributed by atoms with Crippen molar-refractivity contribution in [3.8, 4) is 0 Å². The zero-order chi connectivity index (χ0) is 20.0. The number of carbonyl (C=O) groups excluding carboxylic acids is 1. The number of ether oxygens (including phenoxy) is 1. The zero-order valence-corrected chi connectivity index (χ0v) is 17.0. The first-order valence-electron chi connectivity index (χ1n) is 8.69. The van der Waals surface area contributed by atoms with Gasteiger partial charge in [0.25, 0.3) is 5.56 Å². The molecule has 0 fully saturated rings.